The highest BCUT2D eigenvalue weighted by atomic mass is 19.1. The maximum atomic E-state index is 13.0. The number of aromatic amines is 1. The second-order valence-electron chi connectivity index (χ2n) is 3.48. The summed E-state index contributed by atoms with van der Waals surface area (Å²) in [6.07, 6.45) is 2.74. The van der Waals surface area contributed by atoms with Gasteiger partial charge in [-0.1, -0.05) is 0 Å². The molecule has 6 heteroatoms. The van der Waals surface area contributed by atoms with Crippen molar-refractivity contribution in [3.05, 3.63) is 30.3 Å². The summed E-state index contributed by atoms with van der Waals surface area (Å²) >= 11 is 0. The summed E-state index contributed by atoms with van der Waals surface area (Å²) in [5.41, 5.74) is 1.38. The zero-order chi connectivity index (χ0) is 12.1. The van der Waals surface area contributed by atoms with Crippen LogP contribution in [0.4, 0.5) is 10.2 Å². The molecule has 0 saturated heterocycles. The van der Waals surface area contributed by atoms with Crippen molar-refractivity contribution in [2.45, 2.75) is 0 Å². The fourth-order valence-corrected chi connectivity index (χ4v) is 1.40. The van der Waals surface area contributed by atoms with Crippen molar-refractivity contribution < 1.29 is 9.13 Å². The van der Waals surface area contributed by atoms with Crippen LogP contribution in [0.25, 0.3) is 11.3 Å². The van der Waals surface area contributed by atoms with Crippen molar-refractivity contribution in [2.75, 3.05) is 25.6 Å². The number of halogens is 1. The van der Waals surface area contributed by atoms with Gasteiger partial charge in [-0.15, -0.1) is 0 Å². The standard InChI is InChI=1S/C11H13FN4O/c1-17-3-2-14-11-5-10(15-16-11)8-4-9(12)7-13-6-8/h4-7H,2-3H2,1H3,(H2,14,15,16). The van der Waals surface area contributed by atoms with Crippen LogP contribution in [0.3, 0.4) is 0 Å². The molecule has 2 aromatic heterocycles. The summed E-state index contributed by atoms with van der Waals surface area (Å²) < 4.78 is 17.9. The minimum atomic E-state index is -0.369. The minimum absolute atomic E-state index is 0.369. The molecule has 0 saturated carbocycles. The molecule has 5 nitrogen and oxygen atoms in total. The highest BCUT2D eigenvalue weighted by molar-refractivity contribution is 5.61. The van der Waals surface area contributed by atoms with Crippen LogP contribution in [0.1, 0.15) is 0 Å². The van der Waals surface area contributed by atoms with Crippen molar-refractivity contribution in [3.63, 3.8) is 0 Å². The number of nitrogens with one attached hydrogen (secondary N) is 2. The van der Waals surface area contributed by atoms with E-state index in [9.17, 15) is 4.39 Å². The van der Waals surface area contributed by atoms with Gasteiger partial charge in [-0.3, -0.25) is 10.1 Å². The lowest BCUT2D eigenvalue weighted by atomic mass is 10.2. The summed E-state index contributed by atoms with van der Waals surface area (Å²) in [6.45, 7) is 1.27. The summed E-state index contributed by atoms with van der Waals surface area (Å²) in [5.74, 6) is 0.326. The fourth-order valence-electron chi connectivity index (χ4n) is 1.40. The largest absolute Gasteiger partial charge is 0.383 e. The first-order chi connectivity index (χ1) is 8.29. The van der Waals surface area contributed by atoms with Gasteiger partial charge in [0, 0.05) is 31.5 Å². The number of aromatic nitrogens is 3. The average molecular weight is 236 g/mol. The molecular weight excluding hydrogens is 223 g/mol. The maximum absolute atomic E-state index is 13.0. The highest BCUT2D eigenvalue weighted by Gasteiger charge is 2.04. The van der Waals surface area contributed by atoms with Gasteiger partial charge in [0.15, 0.2) is 0 Å². The molecule has 0 radical (unpaired) electrons. The van der Waals surface area contributed by atoms with Gasteiger partial charge in [0.05, 0.1) is 18.5 Å². The summed E-state index contributed by atoms with van der Waals surface area (Å²) in [6, 6.07) is 3.20. The van der Waals surface area contributed by atoms with Crippen LogP contribution in [0.2, 0.25) is 0 Å². The molecule has 0 atom stereocenters. The van der Waals surface area contributed by atoms with Crippen molar-refractivity contribution >= 4 is 5.82 Å². The molecule has 2 N–H and O–H groups in total. The molecule has 0 aliphatic rings. The fraction of sp³-hybridized carbons (Fsp3) is 0.273. The van der Waals surface area contributed by atoms with Gasteiger partial charge in [0.2, 0.25) is 0 Å². The molecule has 0 amide bonds. The number of anilines is 1. The van der Waals surface area contributed by atoms with E-state index in [4.69, 9.17) is 4.74 Å². The van der Waals surface area contributed by atoms with E-state index in [2.05, 4.69) is 20.5 Å². The lowest BCUT2D eigenvalue weighted by Crippen LogP contribution is -2.07. The Morgan fingerprint density at radius 3 is 3.06 bits per heavy atom. The summed E-state index contributed by atoms with van der Waals surface area (Å²) in [5, 5.41) is 9.94. The zero-order valence-electron chi connectivity index (χ0n) is 9.40. The average Bonchev–Trinajstić information content (AvgIpc) is 2.78. The smallest absolute Gasteiger partial charge is 0.148 e. The number of hydrogen-bond acceptors (Lipinski definition) is 4. The molecule has 17 heavy (non-hydrogen) atoms. The van der Waals surface area contributed by atoms with E-state index in [-0.39, 0.29) is 5.82 Å². The number of ether oxygens (including phenoxy) is 1. The van der Waals surface area contributed by atoms with Crippen LogP contribution in [-0.2, 0) is 4.74 Å². The van der Waals surface area contributed by atoms with Crippen molar-refractivity contribution in [2.24, 2.45) is 0 Å². The first-order valence-corrected chi connectivity index (χ1v) is 5.19. The van der Waals surface area contributed by atoms with Gasteiger partial charge in [-0.2, -0.15) is 5.10 Å². The lowest BCUT2D eigenvalue weighted by Gasteiger charge is -1.99. The molecule has 0 aromatic carbocycles. The molecule has 2 heterocycles. The third-order valence-electron chi connectivity index (χ3n) is 2.21. The van der Waals surface area contributed by atoms with Crippen LogP contribution >= 0.6 is 0 Å². The molecular formula is C11H13FN4O. The Bertz CT molecular complexity index is 486. The number of methoxy groups -OCH3 is 1. The third kappa shape index (κ3) is 3.01. The first-order valence-electron chi connectivity index (χ1n) is 5.19. The van der Waals surface area contributed by atoms with E-state index in [0.717, 1.165) is 11.9 Å². The molecule has 0 spiro atoms. The Kier molecular flexibility index (Phi) is 3.66. The molecule has 0 fully saturated rings. The molecule has 0 bridgehead atoms. The number of nitrogens with zero attached hydrogens (tertiary/aromatic N) is 2. The van der Waals surface area contributed by atoms with Crippen LogP contribution < -0.4 is 5.32 Å². The van der Waals surface area contributed by atoms with Gasteiger partial charge >= 0.3 is 0 Å². The zero-order valence-corrected chi connectivity index (χ0v) is 9.40. The molecule has 90 valence electrons. The van der Waals surface area contributed by atoms with Crippen molar-refractivity contribution in [3.8, 4) is 11.3 Å². The summed E-state index contributed by atoms with van der Waals surface area (Å²) in [4.78, 5) is 3.78. The normalized spacial score (nSPS) is 10.5. The SMILES string of the molecule is COCCNc1cc(-c2cncc(F)c2)[nH]n1. The van der Waals surface area contributed by atoms with Crippen LogP contribution in [-0.4, -0.2) is 35.4 Å². The highest BCUT2D eigenvalue weighted by Crippen LogP contribution is 2.19. The Morgan fingerprint density at radius 1 is 1.41 bits per heavy atom. The topological polar surface area (TPSA) is 62.8 Å². The number of H-pyrrole nitrogens is 1. The van der Waals surface area contributed by atoms with Crippen LogP contribution in [0.15, 0.2) is 24.5 Å². The van der Waals surface area contributed by atoms with E-state index in [0.29, 0.717) is 24.5 Å². The first kappa shape index (κ1) is 11.5. The predicted molar refractivity (Wildman–Crippen MR) is 62.1 cm³/mol. The van der Waals surface area contributed by atoms with Gasteiger partial charge < -0.3 is 10.1 Å². The Hall–Kier alpha value is -1.95. The molecule has 2 rings (SSSR count). The van der Waals surface area contributed by atoms with Crippen molar-refractivity contribution in [1.82, 2.24) is 15.2 Å². The number of pyridine rings is 1. The second kappa shape index (κ2) is 5.40. The van der Waals surface area contributed by atoms with Gasteiger partial charge in [-0.25, -0.2) is 4.39 Å². The minimum Gasteiger partial charge on any atom is -0.383 e. The van der Waals surface area contributed by atoms with Gasteiger partial charge in [0.25, 0.3) is 0 Å². The predicted octanol–water partition coefficient (Wildman–Crippen LogP) is 1.67. The van der Waals surface area contributed by atoms with Gasteiger partial charge in [0.1, 0.15) is 11.6 Å². The Balaban J connectivity index is 2.07. The second-order valence-corrected chi connectivity index (χ2v) is 3.48. The third-order valence-corrected chi connectivity index (χ3v) is 2.21. The lowest BCUT2D eigenvalue weighted by molar-refractivity contribution is 0.210. The van der Waals surface area contributed by atoms with E-state index >= 15 is 0 Å². The van der Waals surface area contributed by atoms with E-state index in [1.807, 2.05) is 0 Å². The number of hydrogen-bond donors (Lipinski definition) is 2. The van der Waals surface area contributed by atoms with Gasteiger partial charge in [-0.05, 0) is 6.07 Å². The molecule has 0 unspecified atom stereocenters. The van der Waals surface area contributed by atoms with E-state index in [1.165, 1.54) is 6.07 Å². The Morgan fingerprint density at radius 2 is 2.29 bits per heavy atom. The van der Waals surface area contributed by atoms with Crippen LogP contribution in [0, 0.1) is 5.82 Å². The van der Waals surface area contributed by atoms with Crippen molar-refractivity contribution in [1.29, 1.82) is 0 Å². The maximum Gasteiger partial charge on any atom is 0.148 e. The molecule has 0 aliphatic heterocycles. The van der Waals surface area contributed by atoms with E-state index in [1.54, 1.807) is 19.4 Å². The number of rotatable bonds is 5. The Labute approximate surface area is 98.0 Å². The van der Waals surface area contributed by atoms with E-state index < -0.39 is 0 Å². The van der Waals surface area contributed by atoms with Crippen LogP contribution in [0.5, 0.6) is 0 Å². The summed E-state index contributed by atoms with van der Waals surface area (Å²) in [7, 11) is 1.63. The molecule has 2 aromatic rings. The quantitative estimate of drug-likeness (QED) is 0.775. The molecule has 0 aliphatic carbocycles. The monoisotopic (exact) mass is 236 g/mol.